The van der Waals surface area contributed by atoms with Crippen LogP contribution in [0.15, 0.2) is 41.5 Å². The topological polar surface area (TPSA) is 94.4 Å². The molecule has 21 heavy (non-hydrogen) atoms. The third-order valence-electron chi connectivity index (χ3n) is 3.30. The van der Waals surface area contributed by atoms with E-state index in [1.165, 1.54) is 0 Å². The van der Waals surface area contributed by atoms with Crippen LogP contribution in [0, 0.1) is 0 Å². The number of rotatable bonds is 4. The minimum Gasteiger partial charge on any atom is -0.345 e. The highest BCUT2D eigenvalue weighted by atomic mass is 16.1. The van der Waals surface area contributed by atoms with E-state index in [0.717, 1.165) is 11.4 Å². The summed E-state index contributed by atoms with van der Waals surface area (Å²) in [7, 11) is 0. The molecule has 106 valence electrons. The molecule has 6 heteroatoms. The summed E-state index contributed by atoms with van der Waals surface area (Å²) in [6.07, 6.45) is 4.00. The SMILES string of the molecule is CCc1[nH]c(=O)[nH]c1C(=O)c1ccc(-c2ncc[nH]2)cc1. The quantitative estimate of drug-likeness (QED) is 0.638. The van der Waals surface area contributed by atoms with Gasteiger partial charge < -0.3 is 15.0 Å². The van der Waals surface area contributed by atoms with Gasteiger partial charge in [0.2, 0.25) is 5.78 Å². The molecule has 3 aromatic rings. The average molecular weight is 282 g/mol. The van der Waals surface area contributed by atoms with Gasteiger partial charge in [-0.3, -0.25) is 4.79 Å². The van der Waals surface area contributed by atoms with E-state index in [1.54, 1.807) is 24.5 Å². The van der Waals surface area contributed by atoms with Crippen molar-refractivity contribution in [2.24, 2.45) is 0 Å². The van der Waals surface area contributed by atoms with Crippen LogP contribution >= 0.6 is 0 Å². The number of aromatic nitrogens is 4. The summed E-state index contributed by atoms with van der Waals surface area (Å²) in [6, 6.07) is 7.10. The van der Waals surface area contributed by atoms with Crippen LogP contribution in [-0.4, -0.2) is 25.7 Å². The van der Waals surface area contributed by atoms with Crippen molar-refractivity contribution in [1.29, 1.82) is 0 Å². The molecule has 0 atom stereocenters. The van der Waals surface area contributed by atoms with Gasteiger partial charge in [-0.05, 0) is 6.42 Å². The molecule has 0 aliphatic carbocycles. The number of carbonyl (C=O) groups excluding carboxylic acids is 1. The second-order valence-corrected chi connectivity index (χ2v) is 4.63. The Kier molecular flexibility index (Phi) is 3.27. The Labute approximate surface area is 120 Å². The van der Waals surface area contributed by atoms with Gasteiger partial charge in [0, 0.05) is 29.2 Å². The number of carbonyl (C=O) groups is 1. The zero-order chi connectivity index (χ0) is 14.8. The highest BCUT2D eigenvalue weighted by molar-refractivity contribution is 6.08. The molecule has 0 aliphatic rings. The summed E-state index contributed by atoms with van der Waals surface area (Å²) >= 11 is 0. The summed E-state index contributed by atoms with van der Waals surface area (Å²) in [6.45, 7) is 1.88. The standard InChI is InChI=1S/C15H14N4O2/c1-2-11-12(19-15(21)18-11)13(20)9-3-5-10(6-4-9)14-16-7-8-17-14/h3-8H,2H2,1H3,(H,16,17)(H2,18,19,21). The Morgan fingerprint density at radius 3 is 2.57 bits per heavy atom. The lowest BCUT2D eigenvalue weighted by molar-refractivity contribution is 0.103. The molecule has 1 aromatic carbocycles. The lowest BCUT2D eigenvalue weighted by Gasteiger charge is -2.02. The smallest absolute Gasteiger partial charge is 0.323 e. The van der Waals surface area contributed by atoms with Crippen molar-refractivity contribution in [2.75, 3.05) is 0 Å². The second kappa shape index (κ2) is 5.24. The van der Waals surface area contributed by atoms with E-state index in [0.29, 0.717) is 23.4 Å². The summed E-state index contributed by atoms with van der Waals surface area (Å²) in [4.78, 5) is 36.1. The van der Waals surface area contributed by atoms with Crippen molar-refractivity contribution in [3.8, 4) is 11.4 Å². The minimum atomic E-state index is -0.359. The second-order valence-electron chi connectivity index (χ2n) is 4.63. The first-order valence-electron chi connectivity index (χ1n) is 6.64. The Hall–Kier alpha value is -2.89. The lowest BCUT2D eigenvalue weighted by atomic mass is 10.0. The number of aromatic amines is 3. The molecule has 0 saturated heterocycles. The number of hydrogen-bond donors (Lipinski definition) is 3. The Bertz CT molecular complexity index is 810. The fourth-order valence-corrected chi connectivity index (χ4v) is 2.23. The average Bonchev–Trinajstić information content (AvgIpc) is 3.16. The summed E-state index contributed by atoms with van der Waals surface area (Å²) < 4.78 is 0. The van der Waals surface area contributed by atoms with Crippen molar-refractivity contribution < 1.29 is 4.79 Å². The highest BCUT2D eigenvalue weighted by Gasteiger charge is 2.16. The predicted molar refractivity (Wildman–Crippen MR) is 78.2 cm³/mol. The molecule has 0 aliphatic heterocycles. The molecule has 3 N–H and O–H groups in total. The fraction of sp³-hybridized carbons (Fsp3) is 0.133. The maximum Gasteiger partial charge on any atom is 0.323 e. The normalized spacial score (nSPS) is 10.7. The van der Waals surface area contributed by atoms with Gasteiger partial charge >= 0.3 is 5.69 Å². The van der Waals surface area contributed by atoms with Crippen LogP contribution < -0.4 is 5.69 Å². The van der Waals surface area contributed by atoms with Crippen molar-refractivity contribution in [3.05, 3.63) is 64.1 Å². The maximum absolute atomic E-state index is 12.4. The number of nitrogens with zero attached hydrogens (tertiary/aromatic N) is 1. The number of nitrogens with one attached hydrogen (secondary N) is 3. The summed E-state index contributed by atoms with van der Waals surface area (Å²) in [5.41, 5.74) is 2.01. The number of ketones is 1. The highest BCUT2D eigenvalue weighted by Crippen LogP contribution is 2.17. The predicted octanol–water partition coefficient (Wildman–Crippen LogP) is 1.89. The number of imidazole rings is 2. The van der Waals surface area contributed by atoms with Crippen LogP contribution in [0.1, 0.15) is 28.7 Å². The molecule has 0 spiro atoms. The van der Waals surface area contributed by atoms with Gasteiger partial charge in [0.15, 0.2) is 0 Å². The number of H-pyrrole nitrogens is 3. The van der Waals surface area contributed by atoms with Gasteiger partial charge in [0.05, 0.1) is 0 Å². The number of benzene rings is 1. The lowest BCUT2D eigenvalue weighted by Crippen LogP contribution is -2.07. The Morgan fingerprint density at radius 2 is 1.95 bits per heavy atom. The molecule has 3 rings (SSSR count). The summed E-state index contributed by atoms with van der Waals surface area (Å²) in [5, 5.41) is 0. The minimum absolute atomic E-state index is 0.198. The van der Waals surface area contributed by atoms with Gasteiger partial charge in [-0.15, -0.1) is 0 Å². The van der Waals surface area contributed by atoms with Crippen molar-refractivity contribution in [3.63, 3.8) is 0 Å². The van der Waals surface area contributed by atoms with E-state index >= 15 is 0 Å². The largest absolute Gasteiger partial charge is 0.345 e. The zero-order valence-corrected chi connectivity index (χ0v) is 11.4. The maximum atomic E-state index is 12.4. The van der Waals surface area contributed by atoms with Crippen LogP contribution in [0.4, 0.5) is 0 Å². The third kappa shape index (κ3) is 2.43. The van der Waals surface area contributed by atoms with Crippen LogP contribution in [0.2, 0.25) is 0 Å². The number of hydrogen-bond acceptors (Lipinski definition) is 3. The zero-order valence-electron chi connectivity index (χ0n) is 11.4. The third-order valence-corrected chi connectivity index (χ3v) is 3.30. The van der Waals surface area contributed by atoms with E-state index in [9.17, 15) is 9.59 Å². The molecule has 0 radical (unpaired) electrons. The van der Waals surface area contributed by atoms with Crippen LogP contribution in [0.25, 0.3) is 11.4 Å². The first-order chi connectivity index (χ1) is 10.2. The van der Waals surface area contributed by atoms with Crippen molar-refractivity contribution in [1.82, 2.24) is 19.9 Å². The monoisotopic (exact) mass is 282 g/mol. The molecule has 6 nitrogen and oxygen atoms in total. The van der Waals surface area contributed by atoms with Gasteiger partial charge in [-0.1, -0.05) is 31.2 Å². The molecule has 2 heterocycles. The van der Waals surface area contributed by atoms with E-state index in [1.807, 2.05) is 19.1 Å². The molecular formula is C15H14N4O2. The van der Waals surface area contributed by atoms with Gasteiger partial charge in [-0.25, -0.2) is 9.78 Å². The molecule has 0 amide bonds. The molecule has 2 aromatic heterocycles. The van der Waals surface area contributed by atoms with Gasteiger partial charge in [0.1, 0.15) is 11.5 Å². The fourth-order valence-electron chi connectivity index (χ4n) is 2.23. The van der Waals surface area contributed by atoms with Gasteiger partial charge in [-0.2, -0.15) is 0 Å². The summed E-state index contributed by atoms with van der Waals surface area (Å²) in [5.74, 6) is 0.550. The van der Waals surface area contributed by atoms with E-state index in [-0.39, 0.29) is 11.5 Å². The Balaban J connectivity index is 1.93. The van der Waals surface area contributed by atoms with E-state index in [4.69, 9.17) is 0 Å². The molecule has 0 bridgehead atoms. The van der Waals surface area contributed by atoms with Crippen LogP contribution in [0.3, 0.4) is 0 Å². The van der Waals surface area contributed by atoms with Crippen LogP contribution in [0.5, 0.6) is 0 Å². The van der Waals surface area contributed by atoms with Gasteiger partial charge in [0.25, 0.3) is 0 Å². The van der Waals surface area contributed by atoms with Crippen molar-refractivity contribution in [2.45, 2.75) is 13.3 Å². The van der Waals surface area contributed by atoms with Crippen molar-refractivity contribution >= 4 is 5.78 Å². The van der Waals surface area contributed by atoms with Crippen LogP contribution in [-0.2, 0) is 6.42 Å². The Morgan fingerprint density at radius 1 is 1.19 bits per heavy atom. The first kappa shape index (κ1) is 13.1. The first-order valence-corrected chi connectivity index (χ1v) is 6.64. The molecule has 0 fully saturated rings. The number of aryl methyl sites for hydroxylation is 1. The van der Waals surface area contributed by atoms with E-state index in [2.05, 4.69) is 19.9 Å². The molecular weight excluding hydrogens is 268 g/mol. The molecule has 0 saturated carbocycles. The molecule has 0 unspecified atom stereocenters. The van der Waals surface area contributed by atoms with E-state index < -0.39 is 0 Å².